The van der Waals surface area contributed by atoms with E-state index in [1.807, 2.05) is 0 Å². The van der Waals surface area contributed by atoms with Crippen molar-refractivity contribution >= 4 is 43.6 Å². The van der Waals surface area contributed by atoms with Gasteiger partial charge in [0.2, 0.25) is 0 Å². The van der Waals surface area contributed by atoms with Crippen LogP contribution in [-0.4, -0.2) is 9.13 Å². The van der Waals surface area contributed by atoms with E-state index in [1.54, 1.807) is 0 Å². The van der Waals surface area contributed by atoms with Gasteiger partial charge in [0.1, 0.15) is 0 Å². The molecule has 2 heterocycles. The standard InChI is InChI=1S/C42H52N2/c1-17-43-39-28(12)21(5)19(3)25(9)35(39)37-32(16)33(27(11)31(15)41(37)43)34-24(8)23(7)30(14)42-38(34)36-26(10)20(4)22(6)29(13)40(36)44(42)18-2/h17-18H2,1-16H3. The van der Waals surface area contributed by atoms with Gasteiger partial charge in [-0.15, -0.1) is 0 Å². The molecular formula is C42H52N2. The summed E-state index contributed by atoms with van der Waals surface area (Å²) in [4.78, 5) is 0. The van der Waals surface area contributed by atoms with E-state index in [-0.39, 0.29) is 0 Å². The first-order chi connectivity index (χ1) is 20.6. The summed E-state index contributed by atoms with van der Waals surface area (Å²) in [6.07, 6.45) is 0. The Hall–Kier alpha value is -3.52. The third kappa shape index (κ3) is 3.49. The van der Waals surface area contributed by atoms with Gasteiger partial charge in [0.05, 0.1) is 22.1 Å². The van der Waals surface area contributed by atoms with Crippen LogP contribution in [0.25, 0.3) is 54.7 Å². The SMILES string of the molecule is CCn1c2c(C)c(C)c(C)c(C)c2c2c(C)c(-c3c(C)c(C)c(C)c4c3c3c(C)c(C)c(C)c(C)c3n4CC)c(C)c(C)c21. The number of fused-ring (bicyclic) bond motifs is 6. The Labute approximate surface area is 265 Å². The highest BCUT2D eigenvalue weighted by Gasteiger charge is 2.29. The summed E-state index contributed by atoms with van der Waals surface area (Å²) in [7, 11) is 0. The number of aromatic nitrogens is 2. The highest BCUT2D eigenvalue weighted by atomic mass is 15.0. The van der Waals surface area contributed by atoms with Crippen molar-refractivity contribution in [1.29, 1.82) is 0 Å². The van der Waals surface area contributed by atoms with E-state index in [9.17, 15) is 0 Å². The van der Waals surface area contributed by atoms with E-state index >= 15 is 0 Å². The summed E-state index contributed by atoms with van der Waals surface area (Å²) in [6.45, 7) is 39.4. The molecule has 0 spiro atoms. The van der Waals surface area contributed by atoms with Gasteiger partial charge >= 0.3 is 0 Å². The monoisotopic (exact) mass is 584 g/mol. The van der Waals surface area contributed by atoms with Crippen molar-refractivity contribution in [3.05, 3.63) is 77.9 Å². The number of hydrogen-bond acceptors (Lipinski definition) is 0. The summed E-state index contributed by atoms with van der Waals surface area (Å²) < 4.78 is 5.24. The highest BCUT2D eigenvalue weighted by molar-refractivity contribution is 6.22. The molecule has 0 N–H and O–H groups in total. The Kier molecular flexibility index (Phi) is 6.93. The maximum Gasteiger partial charge on any atom is 0.0530 e. The van der Waals surface area contributed by atoms with Crippen molar-refractivity contribution in [2.75, 3.05) is 0 Å². The molecule has 44 heavy (non-hydrogen) atoms. The molecule has 0 aliphatic heterocycles. The maximum absolute atomic E-state index is 2.63. The summed E-state index contributed by atoms with van der Waals surface area (Å²) in [5, 5.41) is 5.81. The van der Waals surface area contributed by atoms with Crippen molar-refractivity contribution in [1.82, 2.24) is 9.13 Å². The van der Waals surface area contributed by atoms with Crippen molar-refractivity contribution < 1.29 is 0 Å². The number of nitrogens with zero attached hydrogens (tertiary/aromatic N) is 2. The molecule has 0 bridgehead atoms. The first kappa shape index (κ1) is 30.5. The lowest BCUT2D eigenvalue weighted by Crippen LogP contribution is -2.03. The molecule has 0 aliphatic carbocycles. The van der Waals surface area contributed by atoms with Crippen LogP contribution in [0.3, 0.4) is 0 Å². The molecule has 0 amide bonds. The third-order valence-corrected chi connectivity index (χ3v) is 12.4. The number of benzene rings is 4. The summed E-state index contributed by atoms with van der Waals surface area (Å²) >= 11 is 0. The van der Waals surface area contributed by atoms with Crippen LogP contribution in [0.2, 0.25) is 0 Å². The van der Waals surface area contributed by atoms with Gasteiger partial charge in [-0.05, 0) is 200 Å². The van der Waals surface area contributed by atoms with Crippen molar-refractivity contribution in [2.45, 2.75) is 124 Å². The molecule has 0 atom stereocenters. The molecule has 0 saturated heterocycles. The second-order valence-electron chi connectivity index (χ2n) is 13.9. The summed E-state index contributed by atoms with van der Waals surface area (Å²) in [5.41, 5.74) is 28.5. The predicted molar refractivity (Wildman–Crippen MR) is 196 cm³/mol. The fraction of sp³-hybridized carbons (Fsp3) is 0.429. The van der Waals surface area contributed by atoms with Crippen LogP contribution in [0.5, 0.6) is 0 Å². The van der Waals surface area contributed by atoms with Crippen LogP contribution in [0.4, 0.5) is 0 Å². The second kappa shape index (κ2) is 9.99. The predicted octanol–water partition coefficient (Wildman–Crippen LogP) is 11.9. The molecule has 0 radical (unpaired) electrons. The lowest BCUT2D eigenvalue weighted by atomic mass is 9.81. The highest BCUT2D eigenvalue weighted by Crippen LogP contribution is 2.50. The third-order valence-electron chi connectivity index (χ3n) is 12.4. The Morgan fingerprint density at radius 3 is 0.955 bits per heavy atom. The van der Waals surface area contributed by atoms with Gasteiger partial charge in [-0.3, -0.25) is 0 Å². The molecule has 0 unspecified atom stereocenters. The minimum absolute atomic E-state index is 0.961. The van der Waals surface area contributed by atoms with Gasteiger partial charge in [-0.2, -0.15) is 0 Å². The average molecular weight is 585 g/mol. The maximum atomic E-state index is 2.63. The Balaban J connectivity index is 1.99. The molecule has 4 aromatic carbocycles. The van der Waals surface area contributed by atoms with E-state index < -0.39 is 0 Å². The fourth-order valence-corrected chi connectivity index (χ4v) is 8.92. The van der Waals surface area contributed by atoms with E-state index in [0.717, 1.165) is 13.1 Å². The topological polar surface area (TPSA) is 9.86 Å². The molecule has 230 valence electrons. The second-order valence-corrected chi connectivity index (χ2v) is 13.9. The average Bonchev–Trinajstić information content (AvgIpc) is 3.54. The van der Waals surface area contributed by atoms with E-state index in [2.05, 4.69) is 120 Å². The van der Waals surface area contributed by atoms with Crippen LogP contribution in [0.1, 0.15) is 91.7 Å². The zero-order valence-electron chi connectivity index (χ0n) is 30.3. The summed E-state index contributed by atoms with van der Waals surface area (Å²) in [6, 6.07) is 0. The van der Waals surface area contributed by atoms with E-state index in [4.69, 9.17) is 0 Å². The van der Waals surface area contributed by atoms with Gasteiger partial charge in [0.15, 0.2) is 0 Å². The molecule has 0 saturated carbocycles. The van der Waals surface area contributed by atoms with Gasteiger partial charge in [-0.1, -0.05) is 0 Å². The number of rotatable bonds is 3. The molecule has 2 aromatic heterocycles. The van der Waals surface area contributed by atoms with Crippen molar-refractivity contribution in [2.24, 2.45) is 0 Å². The molecule has 2 nitrogen and oxygen atoms in total. The lowest BCUT2D eigenvalue weighted by Gasteiger charge is -2.22. The van der Waals surface area contributed by atoms with Crippen LogP contribution in [0.15, 0.2) is 0 Å². The van der Waals surface area contributed by atoms with Crippen LogP contribution >= 0.6 is 0 Å². The molecule has 0 aliphatic rings. The van der Waals surface area contributed by atoms with Crippen molar-refractivity contribution in [3.63, 3.8) is 0 Å². The minimum atomic E-state index is 0.961. The zero-order valence-corrected chi connectivity index (χ0v) is 30.3. The molecular weight excluding hydrogens is 532 g/mol. The Bertz CT molecular complexity index is 2260. The van der Waals surface area contributed by atoms with E-state index in [1.165, 1.54) is 133 Å². The quantitative estimate of drug-likeness (QED) is 0.196. The van der Waals surface area contributed by atoms with E-state index in [0.29, 0.717) is 0 Å². The van der Waals surface area contributed by atoms with Gasteiger partial charge in [-0.25, -0.2) is 0 Å². The fourth-order valence-electron chi connectivity index (χ4n) is 8.92. The lowest BCUT2D eigenvalue weighted by molar-refractivity contribution is 0.820. The largest absolute Gasteiger partial charge is 0.340 e. The first-order valence-electron chi connectivity index (χ1n) is 16.7. The molecule has 6 rings (SSSR count). The Morgan fingerprint density at radius 2 is 0.545 bits per heavy atom. The van der Waals surface area contributed by atoms with Crippen LogP contribution in [0, 0.1) is 96.9 Å². The first-order valence-corrected chi connectivity index (χ1v) is 16.7. The molecule has 2 heteroatoms. The van der Waals surface area contributed by atoms with Gasteiger partial charge < -0.3 is 9.13 Å². The number of hydrogen-bond donors (Lipinski definition) is 0. The van der Waals surface area contributed by atoms with Gasteiger partial charge in [0.25, 0.3) is 0 Å². The number of aryl methyl sites for hydroxylation is 9. The minimum Gasteiger partial charge on any atom is -0.340 e. The normalized spacial score (nSPS) is 12.3. The zero-order chi connectivity index (χ0) is 32.4. The van der Waals surface area contributed by atoms with Crippen LogP contribution < -0.4 is 0 Å². The Morgan fingerprint density at radius 1 is 0.273 bits per heavy atom. The summed E-state index contributed by atoms with van der Waals surface area (Å²) in [5.74, 6) is 0. The van der Waals surface area contributed by atoms with Crippen LogP contribution in [-0.2, 0) is 13.1 Å². The molecule has 0 fully saturated rings. The van der Waals surface area contributed by atoms with Crippen molar-refractivity contribution in [3.8, 4) is 11.1 Å². The van der Waals surface area contributed by atoms with Gasteiger partial charge in [0, 0.05) is 34.6 Å². The smallest absolute Gasteiger partial charge is 0.0530 e. The molecule has 6 aromatic rings.